The molecule has 0 aromatic heterocycles. The van der Waals surface area contributed by atoms with E-state index in [1.54, 1.807) is 6.92 Å². The third-order valence-electron chi connectivity index (χ3n) is 8.23. The molecule has 1 N–H and O–H groups in total. The van der Waals surface area contributed by atoms with E-state index in [0.717, 1.165) is 42.5 Å². The molecule has 15 heteroatoms. The fourth-order valence-electron chi connectivity index (χ4n) is 5.70. The van der Waals surface area contributed by atoms with E-state index in [0.29, 0.717) is 24.3 Å². The van der Waals surface area contributed by atoms with Crippen LogP contribution in [0.15, 0.2) is 71.6 Å². The maximum absolute atomic E-state index is 14.4. The Morgan fingerprint density at radius 3 is 1.85 bits per heavy atom. The van der Waals surface area contributed by atoms with Crippen LogP contribution in [0.5, 0.6) is 0 Å². The monoisotopic (exact) mass is 681 g/mol. The molecule has 0 saturated heterocycles. The number of carbonyl (C=O) groups is 1. The van der Waals surface area contributed by atoms with Gasteiger partial charge in [0.15, 0.2) is 9.84 Å². The molecule has 0 spiro atoms. The topological polar surface area (TPSA) is 72.5 Å². The number of nitrogens with one attached hydrogen (secondary N) is 1. The van der Waals surface area contributed by atoms with Crippen LogP contribution in [0.2, 0.25) is 0 Å². The molecule has 0 heterocycles. The summed E-state index contributed by atoms with van der Waals surface area (Å²) in [4.78, 5) is 11.6. The predicted molar refractivity (Wildman–Crippen MR) is 147 cm³/mol. The second-order valence-corrected chi connectivity index (χ2v) is 13.1. The van der Waals surface area contributed by atoms with Crippen LogP contribution in [0.1, 0.15) is 55.7 Å². The third-order valence-corrected chi connectivity index (χ3v) is 10.8. The summed E-state index contributed by atoms with van der Waals surface area (Å²) >= 11 is 0. The Balaban J connectivity index is 1.82. The van der Waals surface area contributed by atoms with Crippen LogP contribution in [-0.4, -0.2) is 32.7 Å². The highest BCUT2D eigenvalue weighted by molar-refractivity contribution is 7.92. The second-order valence-electron chi connectivity index (χ2n) is 10.9. The van der Waals surface area contributed by atoms with E-state index in [-0.39, 0.29) is 48.5 Å². The van der Waals surface area contributed by atoms with Crippen LogP contribution < -0.4 is 5.32 Å². The minimum absolute atomic E-state index is 0.0975. The number of alkyl halides is 6. The van der Waals surface area contributed by atoms with Gasteiger partial charge in [0, 0.05) is 23.6 Å². The zero-order valence-electron chi connectivity index (χ0n) is 24.1. The lowest BCUT2D eigenvalue weighted by Crippen LogP contribution is -2.56. The molecule has 1 fully saturated rings. The fourth-order valence-corrected chi connectivity index (χ4v) is 7.87. The molecule has 0 bridgehead atoms. The zero-order chi connectivity index (χ0) is 34.1. The molecule has 3 aromatic rings. The minimum Gasteiger partial charge on any atom is -0.353 e. The van der Waals surface area contributed by atoms with E-state index in [1.165, 1.54) is 0 Å². The first-order chi connectivity index (χ1) is 21.4. The van der Waals surface area contributed by atoms with Gasteiger partial charge in [-0.05, 0) is 67.6 Å². The van der Waals surface area contributed by atoms with Crippen molar-refractivity contribution in [1.29, 1.82) is 0 Å². The number of hydrogen-bond acceptors (Lipinski definition) is 4. The Morgan fingerprint density at radius 2 is 1.37 bits per heavy atom. The number of sulfone groups is 1. The van der Waals surface area contributed by atoms with Gasteiger partial charge in [-0.2, -0.15) is 26.3 Å². The number of hydrogen-bond donors (Lipinski definition) is 1. The van der Waals surface area contributed by atoms with Crippen molar-refractivity contribution in [2.45, 2.75) is 79.3 Å². The van der Waals surface area contributed by atoms with Crippen molar-refractivity contribution in [3.63, 3.8) is 0 Å². The zero-order valence-corrected chi connectivity index (χ0v) is 24.9. The van der Waals surface area contributed by atoms with E-state index in [1.807, 2.05) is 0 Å². The molecule has 1 aliphatic rings. The van der Waals surface area contributed by atoms with Gasteiger partial charge in [0.25, 0.3) is 5.60 Å². The smallest absolute Gasteiger partial charge is 0.353 e. The van der Waals surface area contributed by atoms with Crippen molar-refractivity contribution >= 4 is 15.7 Å². The number of ether oxygens (including phenoxy) is 1. The summed E-state index contributed by atoms with van der Waals surface area (Å²) < 4.78 is 159. The van der Waals surface area contributed by atoms with E-state index in [4.69, 9.17) is 0 Å². The average Bonchev–Trinajstić information content (AvgIpc) is 2.98. The Bertz CT molecular complexity index is 1610. The van der Waals surface area contributed by atoms with Crippen LogP contribution in [0.25, 0.3) is 0 Å². The highest BCUT2D eigenvalue weighted by Gasteiger charge is 2.73. The number of benzene rings is 3. The first-order valence-corrected chi connectivity index (χ1v) is 15.5. The lowest BCUT2D eigenvalue weighted by molar-refractivity contribution is -0.392. The largest absolute Gasteiger partial charge is 0.430 e. The molecule has 250 valence electrons. The highest BCUT2D eigenvalue weighted by Crippen LogP contribution is 2.54. The van der Waals surface area contributed by atoms with Gasteiger partial charge in [0.05, 0.1) is 11.5 Å². The molecule has 5 nitrogen and oxygen atoms in total. The van der Waals surface area contributed by atoms with Gasteiger partial charge >= 0.3 is 12.4 Å². The molecule has 0 radical (unpaired) electrons. The summed E-state index contributed by atoms with van der Waals surface area (Å²) in [5, 5.41) is 2.75. The first kappa shape index (κ1) is 35.3. The fraction of sp³-hybridized carbons (Fsp3) is 0.387. The quantitative estimate of drug-likeness (QED) is 0.185. The average molecular weight is 682 g/mol. The molecule has 46 heavy (non-hydrogen) atoms. The number of amides is 1. The normalized spacial score (nSPS) is 19.6. The first-order valence-electron chi connectivity index (χ1n) is 14.0. The predicted octanol–water partition coefficient (Wildman–Crippen LogP) is 7.78. The van der Waals surface area contributed by atoms with E-state index >= 15 is 0 Å². The van der Waals surface area contributed by atoms with Crippen LogP contribution in [0, 0.1) is 17.5 Å². The minimum atomic E-state index is -6.19. The van der Waals surface area contributed by atoms with Gasteiger partial charge < -0.3 is 10.1 Å². The molecule has 3 aromatic carbocycles. The number of carbonyl (C=O) groups excluding carboxylic acids is 1. The Hall–Kier alpha value is -3.59. The summed E-state index contributed by atoms with van der Waals surface area (Å²) in [5.41, 5.74) is -7.88. The van der Waals surface area contributed by atoms with Gasteiger partial charge in [0.1, 0.15) is 22.2 Å². The number of rotatable bonds is 9. The van der Waals surface area contributed by atoms with Crippen molar-refractivity contribution in [3.05, 3.63) is 101 Å². The van der Waals surface area contributed by atoms with E-state index in [2.05, 4.69) is 10.1 Å². The van der Waals surface area contributed by atoms with Crippen LogP contribution in [-0.2, 0) is 36.3 Å². The molecule has 0 aliphatic heterocycles. The third kappa shape index (κ3) is 6.35. The second kappa shape index (κ2) is 12.9. The molecule has 1 saturated carbocycles. The highest BCUT2D eigenvalue weighted by atomic mass is 32.2. The van der Waals surface area contributed by atoms with Crippen LogP contribution >= 0.6 is 0 Å². The molecule has 0 atom stereocenters. The molecule has 1 aliphatic carbocycles. The summed E-state index contributed by atoms with van der Waals surface area (Å²) in [5.74, 6) is -3.89. The van der Waals surface area contributed by atoms with Gasteiger partial charge in [-0.1, -0.05) is 37.3 Å². The van der Waals surface area contributed by atoms with Crippen molar-refractivity contribution in [3.8, 4) is 0 Å². The lowest BCUT2D eigenvalue weighted by Gasteiger charge is -2.41. The van der Waals surface area contributed by atoms with Gasteiger partial charge in [-0.25, -0.2) is 21.6 Å². The number of halogens is 9. The Labute approximate surface area is 258 Å². The van der Waals surface area contributed by atoms with Gasteiger partial charge in [-0.15, -0.1) is 0 Å². The maximum atomic E-state index is 14.4. The Kier molecular flexibility index (Phi) is 9.89. The molecular weight excluding hydrogens is 653 g/mol. The van der Waals surface area contributed by atoms with Gasteiger partial charge in [0.2, 0.25) is 5.91 Å². The standard InChI is InChI=1S/C31H28F9NO4S/c1-2-27(42)41-22-14-16-28(17-15-22,46(43,44)23-12-10-21(32)11-13-23)19-6-8-20(9-7-19)29(30(35,36)37,31(38,39)40)45-18-24-25(33)4-3-5-26(24)34/h3-13,22H,2,14-18H2,1H3,(H,41,42)/t22-,28+. The molecular formula is C31H28F9NO4S. The maximum Gasteiger partial charge on any atom is 0.430 e. The summed E-state index contributed by atoms with van der Waals surface area (Å²) in [6.07, 6.45) is -12.4. The van der Waals surface area contributed by atoms with Crippen molar-refractivity contribution in [2.75, 3.05) is 0 Å². The molecule has 4 rings (SSSR count). The molecule has 0 unspecified atom stereocenters. The van der Waals surface area contributed by atoms with Crippen molar-refractivity contribution in [2.24, 2.45) is 0 Å². The van der Waals surface area contributed by atoms with Crippen LogP contribution in [0.3, 0.4) is 0 Å². The SMILES string of the molecule is CCC(=O)N[C@H]1CC[C@@](c2ccc(C(OCc3c(F)cccc3F)(C(F)(F)F)C(F)(F)F)cc2)(S(=O)(=O)c2ccc(F)cc2)CC1. The van der Waals surface area contributed by atoms with Crippen molar-refractivity contribution in [1.82, 2.24) is 5.32 Å². The summed E-state index contributed by atoms with van der Waals surface area (Å²) in [7, 11) is -4.45. The van der Waals surface area contributed by atoms with Crippen LogP contribution in [0.4, 0.5) is 39.5 Å². The van der Waals surface area contributed by atoms with E-state index < -0.39 is 73.8 Å². The lowest BCUT2D eigenvalue weighted by atomic mass is 9.79. The molecule has 1 amide bonds. The summed E-state index contributed by atoms with van der Waals surface area (Å²) in [6, 6.07) is 7.95. The summed E-state index contributed by atoms with van der Waals surface area (Å²) in [6.45, 7) is -0.130. The van der Waals surface area contributed by atoms with Crippen molar-refractivity contribution < 1.29 is 57.5 Å². The van der Waals surface area contributed by atoms with Gasteiger partial charge in [-0.3, -0.25) is 4.79 Å². The Morgan fingerprint density at radius 1 is 0.848 bits per heavy atom. The van der Waals surface area contributed by atoms with E-state index in [9.17, 15) is 52.7 Å².